The lowest BCUT2D eigenvalue weighted by molar-refractivity contribution is -0.216. The van der Waals surface area contributed by atoms with Gasteiger partial charge in [0, 0.05) is 18.4 Å². The molecule has 1 heterocycles. The van der Waals surface area contributed by atoms with Gasteiger partial charge >= 0.3 is 5.97 Å². The van der Waals surface area contributed by atoms with Gasteiger partial charge in [0.25, 0.3) is 0 Å². The minimum absolute atomic E-state index is 0.00634. The van der Waals surface area contributed by atoms with Gasteiger partial charge in [-0.1, -0.05) is 48.5 Å². The molecule has 0 aromatic heterocycles. The van der Waals surface area contributed by atoms with Crippen LogP contribution in [0.4, 0.5) is 0 Å². The first kappa shape index (κ1) is 31.3. The molecular formula is C36H61NO5. The highest BCUT2D eigenvalue weighted by Gasteiger charge is 2.84. The van der Waals surface area contributed by atoms with Crippen molar-refractivity contribution in [2.75, 3.05) is 13.1 Å². The molecule has 1 saturated heterocycles. The smallest absolute Gasteiger partial charge is 0.303 e. The van der Waals surface area contributed by atoms with Crippen LogP contribution in [0.25, 0.3) is 0 Å². The van der Waals surface area contributed by atoms with Crippen molar-refractivity contribution in [3.63, 3.8) is 0 Å². The van der Waals surface area contributed by atoms with Gasteiger partial charge in [0.15, 0.2) is 6.10 Å². The number of fused-ring (bicyclic) bond motifs is 4. The molecule has 5 aliphatic carbocycles. The van der Waals surface area contributed by atoms with Gasteiger partial charge < -0.3 is 24.6 Å². The van der Waals surface area contributed by atoms with Gasteiger partial charge in [-0.2, -0.15) is 0 Å². The van der Waals surface area contributed by atoms with Crippen LogP contribution < -0.4 is 0 Å². The molecule has 6 nitrogen and oxygen atoms in total. The second-order valence-corrected chi connectivity index (χ2v) is 17.5. The average molecular weight is 588 g/mol. The Kier molecular flexibility index (Phi) is 7.20. The van der Waals surface area contributed by atoms with Crippen LogP contribution in [0.1, 0.15) is 121 Å². The van der Waals surface area contributed by atoms with E-state index in [1.54, 1.807) is 13.8 Å². The molecule has 5 saturated carbocycles. The summed E-state index contributed by atoms with van der Waals surface area (Å²) in [6.45, 7) is 24.1. The maximum atomic E-state index is 12.5. The van der Waals surface area contributed by atoms with Crippen molar-refractivity contribution in [1.82, 2.24) is 4.90 Å². The van der Waals surface area contributed by atoms with Crippen molar-refractivity contribution in [2.24, 2.45) is 50.7 Å². The Morgan fingerprint density at radius 1 is 1.02 bits per heavy atom. The maximum absolute atomic E-state index is 12.5. The third kappa shape index (κ3) is 3.79. The van der Waals surface area contributed by atoms with Gasteiger partial charge in [-0.3, -0.25) is 4.79 Å². The summed E-state index contributed by atoms with van der Waals surface area (Å²) in [4.78, 5) is 14.8. The summed E-state index contributed by atoms with van der Waals surface area (Å²) in [5.74, 6) is 1.42. The molecule has 0 amide bonds. The monoisotopic (exact) mass is 587 g/mol. The number of nitrogens with zero attached hydrogens (tertiary/aromatic N) is 1. The number of rotatable bonds is 6. The molecule has 1 unspecified atom stereocenters. The standard InChI is InChI=1S/C36H61NO5/c1-11-37(12-2)26-15-16-35-20-36(35)18-17-33(9)27-21(3)19-23(30(32(7,8)40)41-22(4)38)42-28(27)29(39)34(33,10)25(36)14-13-24(35)31(26,5)6/h21,23-30,39-40H,11-20H2,1-10H3/t21-,23-,24+,25+,26?,27+,28+,29+,30+,33-,34-,35-,36+/m1/s1. The molecule has 1 aliphatic heterocycles. The molecule has 6 heteroatoms. The Balaban J connectivity index is 1.32. The predicted octanol–water partition coefficient (Wildman–Crippen LogP) is 6.21. The van der Waals surface area contributed by atoms with Crippen LogP contribution in [0.5, 0.6) is 0 Å². The largest absolute Gasteiger partial charge is 0.457 e. The van der Waals surface area contributed by atoms with E-state index >= 15 is 0 Å². The van der Waals surface area contributed by atoms with Crippen molar-refractivity contribution in [1.29, 1.82) is 0 Å². The van der Waals surface area contributed by atoms with E-state index in [1.807, 2.05) is 0 Å². The summed E-state index contributed by atoms with van der Waals surface area (Å²) in [6.07, 6.45) is 7.61. The summed E-state index contributed by atoms with van der Waals surface area (Å²) in [6, 6.07) is 0.661. The Labute approximate surface area is 255 Å². The minimum Gasteiger partial charge on any atom is -0.457 e. The van der Waals surface area contributed by atoms with Gasteiger partial charge in [0.1, 0.15) is 0 Å². The Morgan fingerprint density at radius 2 is 1.64 bits per heavy atom. The quantitative estimate of drug-likeness (QED) is 0.360. The molecule has 6 fully saturated rings. The fraction of sp³-hybridized carbons (Fsp3) is 0.972. The van der Waals surface area contributed by atoms with Crippen LogP contribution in [0.2, 0.25) is 0 Å². The molecule has 2 spiro atoms. The highest BCUT2D eigenvalue weighted by atomic mass is 16.6. The SMILES string of the molecule is CCN(CC)C1CC[C@]23C[C@]24CC[C@]2(C)[C@@H]5[C@H](O[C@@H]([C@H](OC(C)=O)C(C)(C)O)C[C@H]5C)[C@H](O)[C@@]2(C)[C@@H]4CC[C@H]3C1(C)C. The lowest BCUT2D eigenvalue weighted by Crippen LogP contribution is -2.61. The minimum atomic E-state index is -1.23. The lowest BCUT2D eigenvalue weighted by Gasteiger charge is -2.64. The van der Waals surface area contributed by atoms with E-state index in [-0.39, 0.29) is 22.9 Å². The number of hydrogen-bond acceptors (Lipinski definition) is 6. The fourth-order valence-electron chi connectivity index (χ4n) is 13.7. The van der Waals surface area contributed by atoms with E-state index in [2.05, 4.69) is 53.4 Å². The number of carbonyl (C=O) groups is 1. The first-order valence-corrected chi connectivity index (χ1v) is 17.4. The third-order valence-corrected chi connectivity index (χ3v) is 15.4. The molecule has 6 aliphatic rings. The number of aliphatic hydroxyl groups excluding tert-OH is 1. The molecule has 0 aromatic rings. The van der Waals surface area contributed by atoms with Gasteiger partial charge in [0.05, 0.1) is 23.9 Å². The van der Waals surface area contributed by atoms with E-state index < -0.39 is 29.9 Å². The molecule has 6 rings (SSSR count). The number of ether oxygens (including phenoxy) is 2. The first-order chi connectivity index (χ1) is 19.5. The number of esters is 1. The average Bonchev–Trinajstić information content (AvgIpc) is 3.53. The summed E-state index contributed by atoms with van der Waals surface area (Å²) >= 11 is 0. The molecule has 0 bridgehead atoms. The third-order valence-electron chi connectivity index (χ3n) is 15.4. The van der Waals surface area contributed by atoms with E-state index in [1.165, 1.54) is 45.4 Å². The zero-order valence-corrected chi connectivity index (χ0v) is 28.3. The van der Waals surface area contributed by atoms with Crippen LogP contribution in [0, 0.1) is 50.7 Å². The van der Waals surface area contributed by atoms with Crippen LogP contribution in [0.3, 0.4) is 0 Å². The van der Waals surface area contributed by atoms with Crippen molar-refractivity contribution < 1.29 is 24.5 Å². The molecule has 42 heavy (non-hydrogen) atoms. The van der Waals surface area contributed by atoms with Crippen molar-refractivity contribution >= 4 is 5.97 Å². The molecule has 13 atom stereocenters. The second-order valence-electron chi connectivity index (χ2n) is 17.5. The van der Waals surface area contributed by atoms with Crippen molar-refractivity contribution in [3.05, 3.63) is 0 Å². The topological polar surface area (TPSA) is 79.2 Å². The number of aliphatic hydroxyl groups is 2. The fourth-order valence-corrected chi connectivity index (χ4v) is 13.7. The van der Waals surface area contributed by atoms with Crippen LogP contribution in [-0.4, -0.2) is 70.2 Å². The van der Waals surface area contributed by atoms with Crippen LogP contribution >= 0.6 is 0 Å². The molecule has 2 N–H and O–H groups in total. The van der Waals surface area contributed by atoms with Crippen molar-refractivity contribution in [3.8, 4) is 0 Å². The molecule has 240 valence electrons. The Hall–Kier alpha value is -0.690. The summed E-state index contributed by atoms with van der Waals surface area (Å²) in [7, 11) is 0. The van der Waals surface area contributed by atoms with Crippen LogP contribution in [0.15, 0.2) is 0 Å². The van der Waals surface area contributed by atoms with E-state index in [0.29, 0.717) is 34.1 Å². The lowest BCUT2D eigenvalue weighted by atomic mass is 9.41. The molecule has 0 aromatic carbocycles. The zero-order chi connectivity index (χ0) is 30.8. The van der Waals surface area contributed by atoms with E-state index in [4.69, 9.17) is 9.47 Å². The van der Waals surface area contributed by atoms with Gasteiger partial charge in [-0.05, 0) is 124 Å². The normalized spacial score (nSPS) is 51.5. The first-order valence-electron chi connectivity index (χ1n) is 17.4. The Bertz CT molecular complexity index is 1080. The molecule has 0 radical (unpaired) electrons. The summed E-state index contributed by atoms with van der Waals surface area (Å²) in [5.41, 5.74) is -0.377. The van der Waals surface area contributed by atoms with Crippen LogP contribution in [-0.2, 0) is 14.3 Å². The summed E-state index contributed by atoms with van der Waals surface area (Å²) in [5, 5.41) is 23.5. The van der Waals surface area contributed by atoms with E-state index in [9.17, 15) is 15.0 Å². The summed E-state index contributed by atoms with van der Waals surface area (Å²) < 4.78 is 12.5. The highest BCUT2D eigenvalue weighted by Crippen LogP contribution is 2.89. The number of carbonyl (C=O) groups excluding carboxylic acids is 1. The van der Waals surface area contributed by atoms with Gasteiger partial charge in [-0.25, -0.2) is 0 Å². The van der Waals surface area contributed by atoms with Gasteiger partial charge in [0.2, 0.25) is 0 Å². The Morgan fingerprint density at radius 3 is 2.24 bits per heavy atom. The van der Waals surface area contributed by atoms with Crippen molar-refractivity contribution in [2.45, 2.75) is 157 Å². The molecular weight excluding hydrogens is 526 g/mol. The second kappa shape index (κ2) is 9.66. The maximum Gasteiger partial charge on any atom is 0.303 e. The predicted molar refractivity (Wildman–Crippen MR) is 165 cm³/mol. The number of hydrogen-bond donors (Lipinski definition) is 2. The zero-order valence-electron chi connectivity index (χ0n) is 28.3. The van der Waals surface area contributed by atoms with E-state index in [0.717, 1.165) is 31.8 Å². The van der Waals surface area contributed by atoms with Gasteiger partial charge in [-0.15, -0.1) is 0 Å². The highest BCUT2D eigenvalue weighted by molar-refractivity contribution is 5.66.